The number of nitrogens with one attached hydrogen (secondary N) is 1. The van der Waals surface area contributed by atoms with Crippen LogP contribution in [0.3, 0.4) is 0 Å². The SMILES string of the molecule is C=C1C=CC(NCc2cc(Cl)ccc2OC)=C(C(=O)O)N1C=C(C)C. The standard InChI is InChI=1S/C19H21ClN2O3/c1-12(2)11-22-13(3)5-7-16(18(22)19(23)24)21-10-14-9-15(20)6-8-17(14)25-4/h5-9,11,21H,3,10H2,1-2,4H3,(H,23,24). The molecule has 2 N–H and O–H groups in total. The predicted molar refractivity (Wildman–Crippen MR) is 99.1 cm³/mol. The minimum atomic E-state index is -1.04. The Morgan fingerprint density at radius 2 is 2.12 bits per heavy atom. The van der Waals surface area contributed by atoms with Crippen molar-refractivity contribution in [1.82, 2.24) is 10.2 Å². The van der Waals surface area contributed by atoms with E-state index >= 15 is 0 Å². The predicted octanol–water partition coefficient (Wildman–Crippen LogP) is 4.04. The molecule has 0 bridgehead atoms. The summed E-state index contributed by atoms with van der Waals surface area (Å²) in [4.78, 5) is 13.4. The third-order valence-corrected chi connectivity index (χ3v) is 3.78. The van der Waals surface area contributed by atoms with Gasteiger partial charge in [0.05, 0.1) is 12.8 Å². The Morgan fingerprint density at radius 3 is 2.72 bits per heavy atom. The minimum Gasteiger partial charge on any atom is -0.496 e. The Kier molecular flexibility index (Phi) is 5.93. The molecule has 0 unspecified atom stereocenters. The van der Waals surface area contributed by atoms with Crippen LogP contribution in [0.2, 0.25) is 5.02 Å². The van der Waals surface area contributed by atoms with Gasteiger partial charge < -0.3 is 20.1 Å². The molecule has 5 nitrogen and oxygen atoms in total. The monoisotopic (exact) mass is 360 g/mol. The Balaban J connectivity index is 2.35. The minimum absolute atomic E-state index is 0.120. The lowest BCUT2D eigenvalue weighted by molar-refractivity contribution is -0.134. The Bertz CT molecular complexity index is 790. The Labute approximate surface area is 152 Å². The number of carbonyl (C=O) groups is 1. The van der Waals surface area contributed by atoms with Crippen LogP contribution in [-0.2, 0) is 11.3 Å². The smallest absolute Gasteiger partial charge is 0.355 e. The van der Waals surface area contributed by atoms with Crippen LogP contribution in [-0.4, -0.2) is 23.1 Å². The molecule has 0 saturated heterocycles. The number of halogens is 1. The van der Waals surface area contributed by atoms with E-state index in [-0.39, 0.29) is 5.70 Å². The fourth-order valence-corrected chi connectivity index (χ4v) is 2.65. The van der Waals surface area contributed by atoms with Gasteiger partial charge in [-0.2, -0.15) is 0 Å². The summed E-state index contributed by atoms with van der Waals surface area (Å²) < 4.78 is 5.32. The molecule has 25 heavy (non-hydrogen) atoms. The second-order valence-electron chi connectivity index (χ2n) is 5.78. The van der Waals surface area contributed by atoms with Gasteiger partial charge >= 0.3 is 5.97 Å². The lowest BCUT2D eigenvalue weighted by Gasteiger charge is -2.28. The zero-order valence-corrected chi connectivity index (χ0v) is 15.2. The molecule has 2 rings (SSSR count). The molecule has 1 aromatic rings. The molecule has 0 aromatic heterocycles. The second kappa shape index (κ2) is 7.94. The number of carboxylic acid groups (broad SMARTS) is 1. The van der Waals surface area contributed by atoms with Gasteiger partial charge in [0.2, 0.25) is 0 Å². The molecule has 0 spiro atoms. The summed E-state index contributed by atoms with van der Waals surface area (Å²) in [6, 6.07) is 5.31. The van der Waals surface area contributed by atoms with Crippen LogP contribution in [0.5, 0.6) is 5.75 Å². The average Bonchev–Trinajstić information content (AvgIpc) is 2.54. The van der Waals surface area contributed by atoms with Crippen LogP contribution in [0.4, 0.5) is 0 Å². The van der Waals surface area contributed by atoms with Crippen LogP contribution in [0, 0.1) is 0 Å². The van der Waals surface area contributed by atoms with Crippen molar-refractivity contribution in [3.63, 3.8) is 0 Å². The average molecular weight is 361 g/mol. The lowest BCUT2D eigenvalue weighted by atomic mass is 10.1. The first-order chi connectivity index (χ1) is 11.8. The molecule has 1 aromatic carbocycles. The van der Waals surface area contributed by atoms with E-state index in [0.29, 0.717) is 28.7 Å². The Hall–Kier alpha value is -2.66. The van der Waals surface area contributed by atoms with Crippen molar-refractivity contribution in [2.45, 2.75) is 20.4 Å². The molecular formula is C19H21ClN2O3. The summed E-state index contributed by atoms with van der Waals surface area (Å²) in [5, 5.41) is 13.4. The summed E-state index contributed by atoms with van der Waals surface area (Å²) in [5.41, 5.74) is 2.99. The third kappa shape index (κ3) is 4.45. The zero-order chi connectivity index (χ0) is 18.6. The molecule has 0 amide bonds. The summed E-state index contributed by atoms with van der Waals surface area (Å²) in [6.45, 7) is 8.07. The maximum atomic E-state index is 11.8. The zero-order valence-electron chi connectivity index (χ0n) is 14.5. The van der Waals surface area contributed by atoms with Crippen LogP contribution >= 0.6 is 11.6 Å². The van der Waals surface area contributed by atoms with Crippen molar-refractivity contribution >= 4 is 17.6 Å². The van der Waals surface area contributed by atoms with E-state index in [0.717, 1.165) is 11.1 Å². The number of hydrogen-bond acceptors (Lipinski definition) is 4. The third-order valence-electron chi connectivity index (χ3n) is 3.55. The highest BCUT2D eigenvalue weighted by Gasteiger charge is 2.24. The number of nitrogens with zero attached hydrogens (tertiary/aromatic N) is 1. The van der Waals surface area contributed by atoms with Crippen molar-refractivity contribution in [2.24, 2.45) is 0 Å². The molecule has 1 aliphatic heterocycles. The van der Waals surface area contributed by atoms with Gasteiger partial charge in [-0.25, -0.2) is 4.79 Å². The summed E-state index contributed by atoms with van der Waals surface area (Å²) in [5.74, 6) is -0.358. The Morgan fingerprint density at radius 1 is 1.40 bits per heavy atom. The first-order valence-electron chi connectivity index (χ1n) is 7.68. The van der Waals surface area contributed by atoms with E-state index in [9.17, 15) is 9.90 Å². The molecule has 0 radical (unpaired) electrons. The maximum Gasteiger partial charge on any atom is 0.355 e. The lowest BCUT2D eigenvalue weighted by Crippen LogP contribution is -2.29. The normalized spacial score (nSPS) is 13.8. The number of ether oxygens (including phenoxy) is 1. The number of aliphatic carboxylic acids is 1. The van der Waals surface area contributed by atoms with Crippen molar-refractivity contribution < 1.29 is 14.6 Å². The number of rotatable bonds is 6. The fraction of sp³-hybridized carbons (Fsp3) is 0.211. The van der Waals surface area contributed by atoms with E-state index in [1.165, 1.54) is 0 Å². The highest BCUT2D eigenvalue weighted by Crippen LogP contribution is 2.26. The van der Waals surface area contributed by atoms with Crippen LogP contribution in [0.25, 0.3) is 0 Å². The molecule has 0 aliphatic carbocycles. The number of benzene rings is 1. The van der Waals surface area contributed by atoms with Gasteiger partial charge in [-0.15, -0.1) is 0 Å². The molecule has 0 fully saturated rings. The molecular weight excluding hydrogens is 340 g/mol. The van der Waals surface area contributed by atoms with Gasteiger partial charge in [-0.1, -0.05) is 23.8 Å². The van der Waals surface area contributed by atoms with E-state index in [4.69, 9.17) is 16.3 Å². The topological polar surface area (TPSA) is 61.8 Å². The molecule has 6 heteroatoms. The van der Waals surface area contributed by atoms with Crippen LogP contribution in [0.15, 0.2) is 65.8 Å². The number of allylic oxidation sites excluding steroid dienone is 3. The highest BCUT2D eigenvalue weighted by atomic mass is 35.5. The van der Waals surface area contributed by atoms with Crippen molar-refractivity contribution in [3.8, 4) is 5.75 Å². The second-order valence-corrected chi connectivity index (χ2v) is 6.21. The summed E-state index contributed by atoms with van der Waals surface area (Å²) in [6.07, 6.45) is 5.22. The van der Waals surface area contributed by atoms with E-state index in [2.05, 4.69) is 11.9 Å². The summed E-state index contributed by atoms with van der Waals surface area (Å²) in [7, 11) is 1.58. The van der Waals surface area contributed by atoms with Gasteiger partial charge in [0.15, 0.2) is 5.70 Å². The van der Waals surface area contributed by atoms with Crippen molar-refractivity contribution in [1.29, 1.82) is 0 Å². The largest absolute Gasteiger partial charge is 0.496 e. The summed E-state index contributed by atoms with van der Waals surface area (Å²) >= 11 is 6.04. The van der Waals surface area contributed by atoms with Crippen LogP contribution < -0.4 is 10.1 Å². The number of hydrogen-bond donors (Lipinski definition) is 2. The number of methoxy groups -OCH3 is 1. The van der Waals surface area contributed by atoms with Crippen LogP contribution in [0.1, 0.15) is 19.4 Å². The molecule has 1 heterocycles. The quantitative estimate of drug-likeness (QED) is 0.801. The number of carboxylic acids is 1. The van der Waals surface area contributed by atoms with E-state index in [1.54, 1.807) is 48.6 Å². The van der Waals surface area contributed by atoms with Gasteiger partial charge in [0.1, 0.15) is 5.75 Å². The molecule has 0 saturated carbocycles. The molecule has 0 atom stereocenters. The van der Waals surface area contributed by atoms with E-state index < -0.39 is 5.97 Å². The fourth-order valence-electron chi connectivity index (χ4n) is 2.45. The maximum absolute atomic E-state index is 11.8. The van der Waals surface area contributed by atoms with Gasteiger partial charge in [-0.05, 0) is 44.2 Å². The molecule has 1 aliphatic rings. The van der Waals surface area contributed by atoms with Gasteiger partial charge in [0.25, 0.3) is 0 Å². The molecule has 132 valence electrons. The first-order valence-corrected chi connectivity index (χ1v) is 8.06. The van der Waals surface area contributed by atoms with E-state index in [1.807, 2.05) is 13.8 Å². The van der Waals surface area contributed by atoms with Gasteiger partial charge in [0, 0.05) is 29.0 Å². The van der Waals surface area contributed by atoms with Gasteiger partial charge in [-0.3, -0.25) is 0 Å². The highest BCUT2D eigenvalue weighted by molar-refractivity contribution is 6.30. The van der Waals surface area contributed by atoms with Crippen molar-refractivity contribution in [2.75, 3.05) is 7.11 Å². The first kappa shape index (κ1) is 18.7. The van der Waals surface area contributed by atoms with Crippen molar-refractivity contribution in [3.05, 3.63) is 76.4 Å².